The predicted octanol–water partition coefficient (Wildman–Crippen LogP) is 0.993. The van der Waals surface area contributed by atoms with Gasteiger partial charge in [-0.25, -0.2) is 0 Å². The highest BCUT2D eigenvalue weighted by Gasteiger charge is 2.23. The van der Waals surface area contributed by atoms with Gasteiger partial charge in [-0.05, 0) is 39.8 Å². The van der Waals surface area contributed by atoms with Gasteiger partial charge in [0.15, 0.2) is 0 Å². The molecule has 0 aromatic heterocycles. The first-order chi connectivity index (χ1) is 6.01. The number of likely N-dealkylation sites (tertiary alicyclic amines) is 1. The molecule has 0 spiro atoms. The third-order valence-electron chi connectivity index (χ3n) is 2.38. The van der Waals surface area contributed by atoms with Crippen LogP contribution in [-0.2, 0) is 0 Å². The zero-order valence-corrected chi connectivity index (χ0v) is 8.45. The van der Waals surface area contributed by atoms with Gasteiger partial charge in [-0.15, -0.1) is 0 Å². The van der Waals surface area contributed by atoms with Crippen LogP contribution in [0.15, 0.2) is 0 Å². The number of rotatable bonds is 2. The molecule has 1 aliphatic rings. The van der Waals surface area contributed by atoms with Gasteiger partial charge in [0, 0.05) is 12.5 Å². The van der Waals surface area contributed by atoms with Gasteiger partial charge < -0.3 is 10.0 Å². The molecule has 3 heteroatoms. The molecule has 0 radical (unpaired) electrons. The molecule has 0 aromatic rings. The molecule has 3 nitrogen and oxygen atoms in total. The highest BCUT2D eigenvalue weighted by atomic mass is 16.3. The van der Waals surface area contributed by atoms with Crippen molar-refractivity contribution in [3.05, 3.63) is 0 Å². The van der Waals surface area contributed by atoms with E-state index >= 15 is 0 Å². The normalized spacial score (nSPS) is 21.4. The van der Waals surface area contributed by atoms with E-state index in [4.69, 9.17) is 5.26 Å². The monoisotopic (exact) mass is 182 g/mol. The van der Waals surface area contributed by atoms with Gasteiger partial charge in [0.05, 0.1) is 11.7 Å². The molecule has 0 saturated carbocycles. The summed E-state index contributed by atoms with van der Waals surface area (Å²) in [6, 6.07) is 2.30. The van der Waals surface area contributed by atoms with E-state index in [0.29, 0.717) is 6.54 Å². The number of hydrogen-bond donors (Lipinski definition) is 1. The highest BCUT2D eigenvalue weighted by Crippen LogP contribution is 2.17. The topological polar surface area (TPSA) is 47.3 Å². The number of nitrogens with zero attached hydrogens (tertiary/aromatic N) is 2. The number of nitriles is 1. The summed E-state index contributed by atoms with van der Waals surface area (Å²) in [7, 11) is 0. The lowest BCUT2D eigenvalue weighted by molar-refractivity contribution is 0.0272. The number of β-amino-alcohol motifs (C(OH)–C–C–N with tert-alkyl or cyclic N) is 1. The van der Waals surface area contributed by atoms with E-state index in [9.17, 15) is 5.11 Å². The lowest BCUT2D eigenvalue weighted by Crippen LogP contribution is -2.42. The van der Waals surface area contributed by atoms with E-state index in [0.717, 1.165) is 25.9 Å². The van der Waals surface area contributed by atoms with Crippen molar-refractivity contribution in [2.75, 3.05) is 19.6 Å². The maximum atomic E-state index is 9.59. The molecule has 0 unspecified atom stereocenters. The van der Waals surface area contributed by atoms with Crippen LogP contribution in [-0.4, -0.2) is 35.2 Å². The van der Waals surface area contributed by atoms with Crippen molar-refractivity contribution in [3.8, 4) is 6.07 Å². The first-order valence-corrected chi connectivity index (χ1v) is 4.85. The molecular formula is C10H18N2O. The molecule has 0 aliphatic carbocycles. The Labute approximate surface area is 80.0 Å². The van der Waals surface area contributed by atoms with E-state index in [1.165, 1.54) is 0 Å². The molecule has 74 valence electrons. The summed E-state index contributed by atoms with van der Waals surface area (Å²) < 4.78 is 0. The summed E-state index contributed by atoms with van der Waals surface area (Å²) in [4.78, 5) is 2.23. The fraction of sp³-hybridized carbons (Fsp3) is 0.900. The summed E-state index contributed by atoms with van der Waals surface area (Å²) in [6.45, 7) is 6.25. The lowest BCUT2D eigenvalue weighted by atomic mass is 9.97. The van der Waals surface area contributed by atoms with Gasteiger partial charge in [0.25, 0.3) is 0 Å². The summed E-state index contributed by atoms with van der Waals surface area (Å²) in [5.74, 6) is 0.234. The van der Waals surface area contributed by atoms with Crippen LogP contribution >= 0.6 is 0 Å². The van der Waals surface area contributed by atoms with Crippen LogP contribution in [0.4, 0.5) is 0 Å². The quantitative estimate of drug-likeness (QED) is 0.693. The second-order valence-electron chi connectivity index (χ2n) is 4.49. The number of aliphatic hydroxyl groups is 1. The molecule has 13 heavy (non-hydrogen) atoms. The van der Waals surface area contributed by atoms with Crippen LogP contribution in [0.1, 0.15) is 26.7 Å². The van der Waals surface area contributed by atoms with Gasteiger partial charge in [-0.2, -0.15) is 5.26 Å². The van der Waals surface area contributed by atoms with E-state index in [2.05, 4.69) is 11.0 Å². The predicted molar refractivity (Wildman–Crippen MR) is 51.1 cm³/mol. The fourth-order valence-electron chi connectivity index (χ4n) is 1.77. The molecule has 1 heterocycles. The SMILES string of the molecule is CC(C)(O)CN1CCC(C#N)CC1. The molecule has 1 fully saturated rings. The van der Waals surface area contributed by atoms with E-state index in [-0.39, 0.29) is 5.92 Å². The molecule has 0 atom stereocenters. The fourth-order valence-corrected chi connectivity index (χ4v) is 1.77. The smallest absolute Gasteiger partial charge is 0.0718 e. The Morgan fingerprint density at radius 3 is 2.38 bits per heavy atom. The lowest BCUT2D eigenvalue weighted by Gasteiger charge is -2.33. The van der Waals surface area contributed by atoms with Crippen molar-refractivity contribution in [2.45, 2.75) is 32.3 Å². The van der Waals surface area contributed by atoms with Crippen molar-refractivity contribution in [2.24, 2.45) is 5.92 Å². The largest absolute Gasteiger partial charge is 0.389 e. The average Bonchev–Trinajstić information content (AvgIpc) is 2.03. The molecule has 0 bridgehead atoms. The third-order valence-corrected chi connectivity index (χ3v) is 2.38. The minimum Gasteiger partial charge on any atom is -0.389 e. The first kappa shape index (κ1) is 10.5. The zero-order valence-electron chi connectivity index (χ0n) is 8.45. The summed E-state index contributed by atoms with van der Waals surface area (Å²) in [5, 5.41) is 18.3. The molecule has 0 aromatic carbocycles. The summed E-state index contributed by atoms with van der Waals surface area (Å²) >= 11 is 0. The van der Waals surface area contributed by atoms with Crippen molar-refractivity contribution >= 4 is 0 Å². The van der Waals surface area contributed by atoms with Gasteiger partial charge in [0.1, 0.15) is 0 Å². The first-order valence-electron chi connectivity index (χ1n) is 4.85. The second-order valence-corrected chi connectivity index (χ2v) is 4.49. The van der Waals surface area contributed by atoms with E-state index in [1.807, 2.05) is 13.8 Å². The Hall–Kier alpha value is -0.590. The van der Waals surface area contributed by atoms with Crippen LogP contribution in [0.2, 0.25) is 0 Å². The van der Waals surface area contributed by atoms with E-state index < -0.39 is 5.60 Å². The Bertz CT molecular complexity index is 194. The summed E-state index contributed by atoms with van der Waals surface area (Å²) in [5.41, 5.74) is -0.612. The zero-order chi connectivity index (χ0) is 9.90. The summed E-state index contributed by atoms with van der Waals surface area (Å²) in [6.07, 6.45) is 1.90. The van der Waals surface area contributed by atoms with E-state index in [1.54, 1.807) is 0 Å². The number of hydrogen-bond acceptors (Lipinski definition) is 3. The van der Waals surface area contributed by atoms with Crippen LogP contribution in [0.25, 0.3) is 0 Å². The molecular weight excluding hydrogens is 164 g/mol. The van der Waals surface area contributed by atoms with Gasteiger partial charge in [0.2, 0.25) is 0 Å². The van der Waals surface area contributed by atoms with Crippen LogP contribution in [0.5, 0.6) is 0 Å². The molecule has 1 saturated heterocycles. The minimum atomic E-state index is -0.612. The van der Waals surface area contributed by atoms with Gasteiger partial charge in [-0.3, -0.25) is 0 Å². The Kier molecular flexibility index (Phi) is 3.29. The van der Waals surface area contributed by atoms with Crippen LogP contribution < -0.4 is 0 Å². The maximum Gasteiger partial charge on any atom is 0.0718 e. The number of piperidine rings is 1. The van der Waals surface area contributed by atoms with Crippen molar-refractivity contribution in [1.29, 1.82) is 5.26 Å². The third kappa shape index (κ3) is 3.75. The molecule has 1 N–H and O–H groups in total. The minimum absolute atomic E-state index is 0.234. The molecule has 0 amide bonds. The average molecular weight is 182 g/mol. The highest BCUT2D eigenvalue weighted by molar-refractivity contribution is 4.88. The van der Waals surface area contributed by atoms with Crippen molar-refractivity contribution < 1.29 is 5.11 Å². The van der Waals surface area contributed by atoms with Crippen molar-refractivity contribution in [1.82, 2.24) is 4.90 Å². The van der Waals surface area contributed by atoms with Crippen molar-refractivity contribution in [3.63, 3.8) is 0 Å². The molecule has 1 aliphatic heterocycles. The Morgan fingerprint density at radius 1 is 1.46 bits per heavy atom. The molecule has 1 rings (SSSR count). The Morgan fingerprint density at radius 2 is 2.00 bits per heavy atom. The van der Waals surface area contributed by atoms with Gasteiger partial charge in [-0.1, -0.05) is 0 Å². The van der Waals surface area contributed by atoms with Crippen LogP contribution in [0, 0.1) is 17.2 Å². The van der Waals surface area contributed by atoms with Crippen LogP contribution in [0.3, 0.4) is 0 Å². The Balaban J connectivity index is 2.30. The maximum absolute atomic E-state index is 9.59. The van der Waals surface area contributed by atoms with Gasteiger partial charge >= 0.3 is 0 Å². The standard InChI is InChI=1S/C10H18N2O/c1-10(2,13)8-12-5-3-9(7-11)4-6-12/h9,13H,3-6,8H2,1-2H3. The second kappa shape index (κ2) is 4.08.